The first kappa shape index (κ1) is 20.2. The quantitative estimate of drug-likeness (QED) is 0.591. The van der Waals surface area contributed by atoms with Crippen LogP contribution in [0.25, 0.3) is 0 Å². The number of nitrogens with two attached hydrogens (primary N) is 1. The van der Waals surface area contributed by atoms with Gasteiger partial charge in [-0.3, -0.25) is 4.79 Å². The Morgan fingerprint density at radius 3 is 2.27 bits per heavy atom. The molecule has 6 nitrogen and oxygen atoms in total. The second-order valence-electron chi connectivity index (χ2n) is 6.77. The van der Waals surface area contributed by atoms with Crippen molar-refractivity contribution in [2.24, 2.45) is 0 Å². The lowest BCUT2D eigenvalue weighted by molar-refractivity contribution is -0.133. The van der Waals surface area contributed by atoms with Crippen LogP contribution in [0.4, 0.5) is 4.39 Å². The number of aromatic nitrogens is 3. The average Bonchev–Trinajstić information content (AvgIpc) is 2.89. The van der Waals surface area contributed by atoms with Crippen molar-refractivity contribution in [1.29, 1.82) is 0 Å². The van der Waals surface area contributed by atoms with Crippen LogP contribution in [0.1, 0.15) is 46.0 Å². The number of carbonyl (C=O) groups excluding carboxylic acids is 1. The molecule has 0 fully saturated rings. The Bertz CT molecular complexity index is 737. The zero-order valence-electron chi connectivity index (χ0n) is 15.8. The lowest BCUT2D eigenvalue weighted by Crippen LogP contribution is -2.45. The van der Waals surface area contributed by atoms with Crippen molar-refractivity contribution < 1.29 is 9.18 Å². The number of amides is 1. The molecule has 2 N–H and O–H groups in total. The summed E-state index contributed by atoms with van der Waals surface area (Å²) in [6.45, 7) is 9.85. The minimum atomic E-state index is -0.329. The van der Waals surface area contributed by atoms with Gasteiger partial charge in [-0.05, 0) is 52.3 Å². The predicted octanol–water partition coefficient (Wildman–Crippen LogP) is 2.85. The monoisotopic (exact) mass is 379 g/mol. The number of rotatable bonds is 7. The van der Waals surface area contributed by atoms with Gasteiger partial charge in [0.15, 0.2) is 5.82 Å². The molecule has 1 heterocycles. The fourth-order valence-corrected chi connectivity index (χ4v) is 3.66. The van der Waals surface area contributed by atoms with Crippen molar-refractivity contribution in [1.82, 2.24) is 19.8 Å². The van der Waals surface area contributed by atoms with Crippen molar-refractivity contribution in [3.05, 3.63) is 41.5 Å². The molecule has 1 amide bonds. The third-order valence-corrected chi connectivity index (χ3v) is 5.05. The van der Waals surface area contributed by atoms with Crippen LogP contribution in [0.5, 0.6) is 0 Å². The van der Waals surface area contributed by atoms with E-state index >= 15 is 0 Å². The van der Waals surface area contributed by atoms with Crippen LogP contribution in [0.3, 0.4) is 0 Å². The summed E-state index contributed by atoms with van der Waals surface area (Å²) in [7, 11) is 0. The highest BCUT2D eigenvalue weighted by molar-refractivity contribution is 8.00. The van der Waals surface area contributed by atoms with Crippen molar-refractivity contribution in [3.8, 4) is 0 Å². The molecule has 26 heavy (non-hydrogen) atoms. The maximum atomic E-state index is 13.0. The molecule has 0 unspecified atom stereocenters. The van der Waals surface area contributed by atoms with E-state index in [1.54, 1.807) is 12.1 Å². The molecule has 0 aliphatic carbocycles. The number of hydrogen-bond acceptors (Lipinski definition) is 5. The van der Waals surface area contributed by atoms with Gasteiger partial charge in [0.25, 0.3) is 0 Å². The van der Waals surface area contributed by atoms with E-state index in [4.69, 9.17) is 5.84 Å². The zero-order valence-corrected chi connectivity index (χ0v) is 16.6. The predicted molar refractivity (Wildman–Crippen MR) is 102 cm³/mol. The minimum Gasteiger partial charge on any atom is -0.337 e. The molecule has 1 atom stereocenters. The van der Waals surface area contributed by atoms with Crippen molar-refractivity contribution in [3.63, 3.8) is 0 Å². The molecule has 0 aliphatic heterocycles. The summed E-state index contributed by atoms with van der Waals surface area (Å²) in [5.41, 5.74) is 0.886. The van der Waals surface area contributed by atoms with Gasteiger partial charge in [-0.1, -0.05) is 23.9 Å². The van der Waals surface area contributed by atoms with E-state index < -0.39 is 0 Å². The van der Waals surface area contributed by atoms with Gasteiger partial charge in [-0.15, -0.1) is 10.2 Å². The molecule has 0 bridgehead atoms. The van der Waals surface area contributed by atoms with Crippen LogP contribution in [-0.4, -0.2) is 43.0 Å². The Hall–Kier alpha value is -2.09. The lowest BCUT2D eigenvalue weighted by atomic mass is 10.1. The summed E-state index contributed by atoms with van der Waals surface area (Å²) in [5.74, 6) is 6.41. The molecular formula is C18H26FN5OS. The van der Waals surface area contributed by atoms with Crippen molar-refractivity contribution in [2.75, 3.05) is 5.84 Å². The molecule has 0 saturated carbocycles. The highest BCUT2D eigenvalue weighted by Crippen LogP contribution is 2.24. The van der Waals surface area contributed by atoms with E-state index in [9.17, 15) is 9.18 Å². The fraction of sp³-hybridized carbons (Fsp3) is 0.500. The van der Waals surface area contributed by atoms with Gasteiger partial charge in [0, 0.05) is 18.5 Å². The summed E-state index contributed by atoms with van der Waals surface area (Å²) in [4.78, 5) is 14.6. The fourth-order valence-electron chi connectivity index (χ4n) is 2.82. The van der Waals surface area contributed by atoms with E-state index in [-0.39, 0.29) is 29.1 Å². The standard InChI is InChI=1S/C18H26FN5OS/c1-11(2)23(12(3)4)17(25)13(5)26-18-22-21-16(24(18)20)10-14-6-8-15(19)9-7-14/h6-9,11-13H,10,20H2,1-5H3/t13-/m1/s1. The second kappa shape index (κ2) is 8.53. The maximum absolute atomic E-state index is 13.0. The first-order valence-electron chi connectivity index (χ1n) is 8.63. The third-order valence-electron chi connectivity index (χ3n) is 4.01. The van der Waals surface area contributed by atoms with Crippen LogP contribution in [0, 0.1) is 5.82 Å². The molecule has 2 rings (SSSR count). The highest BCUT2D eigenvalue weighted by atomic mass is 32.2. The van der Waals surface area contributed by atoms with Crippen LogP contribution >= 0.6 is 11.8 Å². The molecule has 142 valence electrons. The summed E-state index contributed by atoms with van der Waals surface area (Å²) in [6, 6.07) is 6.41. The smallest absolute Gasteiger partial charge is 0.236 e. The number of thioether (sulfide) groups is 1. The first-order chi connectivity index (χ1) is 12.2. The SMILES string of the molecule is CC(C)N(C(=O)[C@@H](C)Sc1nnc(Cc2ccc(F)cc2)n1N)C(C)C. The molecule has 2 aromatic rings. The molecule has 0 saturated heterocycles. The van der Waals surface area contributed by atoms with Gasteiger partial charge >= 0.3 is 0 Å². The van der Waals surface area contributed by atoms with Gasteiger partial charge < -0.3 is 10.7 Å². The van der Waals surface area contributed by atoms with Gasteiger partial charge in [-0.2, -0.15) is 0 Å². The second-order valence-corrected chi connectivity index (χ2v) is 8.07. The molecule has 1 aromatic carbocycles. The van der Waals surface area contributed by atoms with E-state index in [1.807, 2.05) is 39.5 Å². The number of nitrogen functional groups attached to an aromatic ring is 1. The molecular weight excluding hydrogens is 353 g/mol. The van der Waals surface area contributed by atoms with Gasteiger partial charge in [0.05, 0.1) is 5.25 Å². The first-order valence-corrected chi connectivity index (χ1v) is 9.51. The number of carbonyl (C=O) groups is 1. The average molecular weight is 380 g/mol. The third kappa shape index (κ3) is 4.75. The Kier molecular flexibility index (Phi) is 6.63. The Labute approximate surface area is 157 Å². The van der Waals surface area contributed by atoms with Crippen molar-refractivity contribution in [2.45, 2.75) is 63.5 Å². The maximum Gasteiger partial charge on any atom is 0.236 e. The summed E-state index contributed by atoms with van der Waals surface area (Å²) in [6.07, 6.45) is 0.441. The molecule has 0 radical (unpaired) electrons. The molecule has 0 spiro atoms. The number of nitrogens with zero attached hydrogens (tertiary/aromatic N) is 4. The Morgan fingerprint density at radius 2 is 1.73 bits per heavy atom. The topological polar surface area (TPSA) is 77.0 Å². The number of benzene rings is 1. The molecule has 1 aromatic heterocycles. The van der Waals surface area contributed by atoms with Gasteiger partial charge in [-0.25, -0.2) is 9.07 Å². The highest BCUT2D eigenvalue weighted by Gasteiger charge is 2.27. The van der Waals surface area contributed by atoms with Crippen molar-refractivity contribution >= 4 is 17.7 Å². The lowest BCUT2D eigenvalue weighted by Gasteiger charge is -2.32. The van der Waals surface area contributed by atoms with Gasteiger partial charge in [0.1, 0.15) is 5.82 Å². The summed E-state index contributed by atoms with van der Waals surface area (Å²) >= 11 is 1.29. The van der Waals surface area contributed by atoms with E-state index in [1.165, 1.54) is 28.6 Å². The molecule has 8 heteroatoms. The minimum absolute atomic E-state index is 0.0445. The molecule has 0 aliphatic rings. The van der Waals surface area contributed by atoms with E-state index in [0.717, 1.165) is 5.56 Å². The van der Waals surface area contributed by atoms with Crippen LogP contribution in [0.2, 0.25) is 0 Å². The Balaban J connectivity index is 2.09. The largest absolute Gasteiger partial charge is 0.337 e. The normalized spacial score (nSPS) is 12.6. The number of hydrogen-bond donors (Lipinski definition) is 1. The number of halogens is 1. The summed E-state index contributed by atoms with van der Waals surface area (Å²) in [5, 5.41) is 8.37. The van der Waals surface area contributed by atoms with E-state index in [0.29, 0.717) is 17.4 Å². The van der Waals surface area contributed by atoms with Crippen LogP contribution < -0.4 is 5.84 Å². The van der Waals surface area contributed by atoms with Gasteiger partial charge in [0.2, 0.25) is 11.1 Å². The van der Waals surface area contributed by atoms with Crippen LogP contribution in [-0.2, 0) is 11.2 Å². The van der Waals surface area contributed by atoms with Crippen LogP contribution in [0.15, 0.2) is 29.4 Å². The Morgan fingerprint density at radius 1 is 1.15 bits per heavy atom. The van der Waals surface area contributed by atoms with E-state index in [2.05, 4.69) is 10.2 Å². The zero-order chi connectivity index (χ0) is 19.4. The summed E-state index contributed by atoms with van der Waals surface area (Å²) < 4.78 is 14.4.